The van der Waals surface area contributed by atoms with Crippen LogP contribution in [0.2, 0.25) is 0 Å². The second kappa shape index (κ2) is 7.68. The number of amides is 2. The number of anilines is 1. The molecule has 4 heteroatoms. The Morgan fingerprint density at radius 1 is 1.00 bits per heavy atom. The van der Waals surface area contributed by atoms with Crippen LogP contribution in [0.5, 0.6) is 5.75 Å². The number of ether oxygens (including phenoxy) is 1. The van der Waals surface area contributed by atoms with Crippen LogP contribution in [0.4, 0.5) is 10.5 Å². The molecule has 2 aromatic rings. The Balaban J connectivity index is 1.87. The molecule has 0 saturated heterocycles. The van der Waals surface area contributed by atoms with Gasteiger partial charge in [-0.15, -0.1) is 0 Å². The molecule has 4 nitrogen and oxygen atoms in total. The molecular weight excluding hydrogens is 300 g/mol. The lowest BCUT2D eigenvalue weighted by atomic mass is 9.87. The Kier molecular flexibility index (Phi) is 5.64. The second-order valence-electron chi connectivity index (χ2n) is 6.53. The van der Waals surface area contributed by atoms with Crippen molar-refractivity contribution in [2.75, 3.05) is 12.4 Å². The molecule has 0 aromatic heterocycles. The van der Waals surface area contributed by atoms with Gasteiger partial charge in [-0.2, -0.15) is 0 Å². The molecule has 126 valence electrons. The summed E-state index contributed by atoms with van der Waals surface area (Å²) in [7, 11) is 1.63. The Hall–Kier alpha value is -2.75. The molecule has 0 radical (unpaired) electrons. The van der Waals surface area contributed by atoms with Gasteiger partial charge < -0.3 is 15.4 Å². The Morgan fingerprint density at radius 3 is 2.17 bits per heavy atom. The van der Waals surface area contributed by atoms with Gasteiger partial charge in [0, 0.05) is 11.9 Å². The first kappa shape index (κ1) is 17.6. The van der Waals surface area contributed by atoms with Gasteiger partial charge in [-0.05, 0) is 46.9 Å². The molecule has 0 heterocycles. The molecule has 2 rings (SSSR count). The topological polar surface area (TPSA) is 50.4 Å². The van der Waals surface area contributed by atoms with Crippen molar-refractivity contribution in [3.63, 3.8) is 0 Å². The van der Waals surface area contributed by atoms with Gasteiger partial charge in [0.05, 0.1) is 7.11 Å². The van der Waals surface area contributed by atoms with Gasteiger partial charge >= 0.3 is 6.03 Å². The molecule has 2 amide bonds. The van der Waals surface area contributed by atoms with E-state index in [0.717, 1.165) is 17.0 Å². The van der Waals surface area contributed by atoms with Crippen LogP contribution in [0.1, 0.15) is 31.9 Å². The number of carbonyl (C=O) groups excluding carboxylic acids is 1. The lowest BCUT2D eigenvalue weighted by molar-refractivity contribution is 0.255. The van der Waals surface area contributed by atoms with E-state index in [1.165, 1.54) is 5.56 Å². The average Bonchev–Trinajstić information content (AvgIpc) is 2.55. The number of hydrogen-bond donors (Lipinski definition) is 2. The quantitative estimate of drug-likeness (QED) is 0.850. The van der Waals surface area contributed by atoms with Crippen molar-refractivity contribution in [3.05, 3.63) is 65.9 Å². The maximum atomic E-state index is 11.9. The summed E-state index contributed by atoms with van der Waals surface area (Å²) in [5.41, 5.74) is 3.07. The van der Waals surface area contributed by atoms with E-state index in [1.54, 1.807) is 13.3 Å². The molecule has 0 fully saturated rings. The number of nitrogens with one attached hydrogen (secondary N) is 2. The summed E-state index contributed by atoms with van der Waals surface area (Å²) in [6, 6.07) is 15.2. The van der Waals surface area contributed by atoms with E-state index >= 15 is 0 Å². The number of urea groups is 1. The Bertz CT molecular complexity index is 696. The summed E-state index contributed by atoms with van der Waals surface area (Å²) in [5, 5.41) is 5.50. The van der Waals surface area contributed by atoms with Crippen LogP contribution in [0.3, 0.4) is 0 Å². The van der Waals surface area contributed by atoms with Gasteiger partial charge in [-0.1, -0.05) is 45.0 Å². The van der Waals surface area contributed by atoms with Crippen LogP contribution >= 0.6 is 0 Å². The first-order valence-corrected chi connectivity index (χ1v) is 7.87. The third-order valence-corrected chi connectivity index (χ3v) is 3.61. The molecule has 0 aliphatic heterocycles. The number of hydrogen-bond acceptors (Lipinski definition) is 2. The molecule has 2 N–H and O–H groups in total. The van der Waals surface area contributed by atoms with Crippen molar-refractivity contribution < 1.29 is 9.53 Å². The molecular formula is C20H24N2O2. The smallest absolute Gasteiger partial charge is 0.323 e. The van der Waals surface area contributed by atoms with E-state index in [4.69, 9.17) is 4.74 Å². The minimum atomic E-state index is -0.275. The highest BCUT2D eigenvalue weighted by molar-refractivity contribution is 5.90. The van der Waals surface area contributed by atoms with E-state index < -0.39 is 0 Å². The van der Waals surface area contributed by atoms with Crippen LogP contribution in [0.15, 0.2) is 54.7 Å². The van der Waals surface area contributed by atoms with Crippen molar-refractivity contribution in [1.29, 1.82) is 0 Å². The minimum absolute atomic E-state index is 0.0991. The SMILES string of the molecule is COc1ccc(/C=C/NC(=O)Nc2ccc(C(C)(C)C)cc2)cc1. The zero-order valence-electron chi connectivity index (χ0n) is 14.6. The van der Waals surface area contributed by atoms with E-state index in [-0.39, 0.29) is 11.4 Å². The van der Waals surface area contributed by atoms with Gasteiger partial charge in [0.1, 0.15) is 5.75 Å². The van der Waals surface area contributed by atoms with Crippen LogP contribution in [-0.4, -0.2) is 13.1 Å². The predicted molar refractivity (Wildman–Crippen MR) is 99.3 cm³/mol. The van der Waals surface area contributed by atoms with Crippen molar-refractivity contribution >= 4 is 17.8 Å². The van der Waals surface area contributed by atoms with Crippen molar-refractivity contribution in [2.45, 2.75) is 26.2 Å². The fourth-order valence-corrected chi connectivity index (χ4v) is 2.15. The highest BCUT2D eigenvalue weighted by Crippen LogP contribution is 2.23. The number of methoxy groups -OCH3 is 1. The van der Waals surface area contributed by atoms with Crippen LogP contribution < -0.4 is 15.4 Å². The molecule has 0 aliphatic rings. The Morgan fingerprint density at radius 2 is 1.62 bits per heavy atom. The fraction of sp³-hybridized carbons (Fsp3) is 0.250. The first-order chi connectivity index (χ1) is 11.4. The minimum Gasteiger partial charge on any atom is -0.497 e. The largest absolute Gasteiger partial charge is 0.497 e. The van der Waals surface area contributed by atoms with Gasteiger partial charge in [0.15, 0.2) is 0 Å². The van der Waals surface area contributed by atoms with Gasteiger partial charge in [-0.25, -0.2) is 4.79 Å². The van der Waals surface area contributed by atoms with Crippen LogP contribution in [0.25, 0.3) is 6.08 Å². The van der Waals surface area contributed by atoms with Crippen molar-refractivity contribution in [1.82, 2.24) is 5.32 Å². The molecule has 0 atom stereocenters. The third-order valence-electron chi connectivity index (χ3n) is 3.61. The summed E-state index contributed by atoms with van der Waals surface area (Å²) < 4.78 is 5.10. The molecule has 0 unspecified atom stereocenters. The molecule has 0 aliphatic carbocycles. The second-order valence-corrected chi connectivity index (χ2v) is 6.53. The number of benzene rings is 2. The maximum absolute atomic E-state index is 11.9. The van der Waals surface area contributed by atoms with Gasteiger partial charge in [-0.3, -0.25) is 0 Å². The first-order valence-electron chi connectivity index (χ1n) is 7.87. The summed E-state index contributed by atoms with van der Waals surface area (Å²) in [4.78, 5) is 11.9. The third kappa shape index (κ3) is 5.16. The summed E-state index contributed by atoms with van der Waals surface area (Å²) in [6.45, 7) is 6.48. The van der Waals surface area contributed by atoms with Gasteiger partial charge in [0.25, 0.3) is 0 Å². The zero-order valence-corrected chi connectivity index (χ0v) is 14.6. The summed E-state index contributed by atoms with van der Waals surface area (Å²) in [6.07, 6.45) is 3.43. The molecule has 2 aromatic carbocycles. The highest BCUT2D eigenvalue weighted by atomic mass is 16.5. The highest BCUT2D eigenvalue weighted by Gasteiger charge is 2.12. The molecule has 0 saturated carbocycles. The lowest BCUT2D eigenvalue weighted by Gasteiger charge is -2.19. The number of rotatable bonds is 4. The van der Waals surface area contributed by atoms with Crippen LogP contribution in [0, 0.1) is 0 Å². The van der Waals surface area contributed by atoms with Crippen molar-refractivity contribution in [3.8, 4) is 5.75 Å². The van der Waals surface area contributed by atoms with Crippen LogP contribution in [-0.2, 0) is 5.41 Å². The monoisotopic (exact) mass is 324 g/mol. The van der Waals surface area contributed by atoms with Gasteiger partial charge in [0.2, 0.25) is 0 Å². The molecule has 0 spiro atoms. The molecule has 0 bridgehead atoms. The average molecular weight is 324 g/mol. The summed E-state index contributed by atoms with van der Waals surface area (Å²) in [5.74, 6) is 0.802. The predicted octanol–water partition coefficient (Wildman–Crippen LogP) is 4.79. The fourth-order valence-electron chi connectivity index (χ4n) is 2.15. The van der Waals surface area contributed by atoms with Crippen molar-refractivity contribution in [2.24, 2.45) is 0 Å². The Labute approximate surface area is 143 Å². The molecule has 24 heavy (non-hydrogen) atoms. The van der Waals surface area contributed by atoms with E-state index in [1.807, 2.05) is 54.6 Å². The lowest BCUT2D eigenvalue weighted by Crippen LogP contribution is -2.23. The zero-order chi connectivity index (χ0) is 17.6. The normalized spacial score (nSPS) is 11.3. The maximum Gasteiger partial charge on any atom is 0.323 e. The summed E-state index contributed by atoms with van der Waals surface area (Å²) >= 11 is 0. The van der Waals surface area contributed by atoms with E-state index in [0.29, 0.717) is 0 Å². The van der Waals surface area contributed by atoms with E-state index in [9.17, 15) is 4.79 Å². The standard InChI is InChI=1S/C20H24N2O2/c1-20(2,3)16-7-9-17(10-8-16)22-19(23)21-14-13-15-5-11-18(24-4)12-6-15/h5-14H,1-4H3,(H2,21,22,23)/b14-13+. The van der Waals surface area contributed by atoms with E-state index in [2.05, 4.69) is 31.4 Å². The number of carbonyl (C=O) groups is 1.